The Labute approximate surface area is 143 Å². The summed E-state index contributed by atoms with van der Waals surface area (Å²) in [4.78, 5) is 19.2. The smallest absolute Gasteiger partial charge is 0.289 e. The van der Waals surface area contributed by atoms with Crippen molar-refractivity contribution >= 4 is 11.7 Å². The van der Waals surface area contributed by atoms with Gasteiger partial charge >= 0.3 is 0 Å². The van der Waals surface area contributed by atoms with Gasteiger partial charge < -0.3 is 10.2 Å². The SMILES string of the molecule is CC1(C)CN=C(C(=O)N(Cc2ccccc2)Cc2ccccc2)N1. The number of amidine groups is 1. The molecule has 1 amide bonds. The first-order chi connectivity index (χ1) is 11.5. The molecule has 4 nitrogen and oxygen atoms in total. The minimum Gasteiger partial charge on any atom is -0.359 e. The number of nitrogens with zero attached hydrogens (tertiary/aromatic N) is 2. The van der Waals surface area contributed by atoms with Crippen LogP contribution in [0.15, 0.2) is 65.7 Å². The van der Waals surface area contributed by atoms with Crippen LogP contribution in [-0.2, 0) is 17.9 Å². The van der Waals surface area contributed by atoms with Gasteiger partial charge in [-0.15, -0.1) is 0 Å². The average Bonchev–Trinajstić information content (AvgIpc) is 2.95. The highest BCUT2D eigenvalue weighted by Crippen LogP contribution is 2.14. The lowest BCUT2D eigenvalue weighted by atomic mass is 10.1. The molecule has 4 heteroatoms. The van der Waals surface area contributed by atoms with Gasteiger partial charge in [0.15, 0.2) is 5.84 Å². The van der Waals surface area contributed by atoms with Crippen LogP contribution in [0.5, 0.6) is 0 Å². The molecule has 0 saturated carbocycles. The quantitative estimate of drug-likeness (QED) is 0.920. The van der Waals surface area contributed by atoms with Crippen molar-refractivity contribution in [1.29, 1.82) is 0 Å². The summed E-state index contributed by atoms with van der Waals surface area (Å²) in [7, 11) is 0. The van der Waals surface area contributed by atoms with Crippen LogP contribution in [0.4, 0.5) is 0 Å². The van der Waals surface area contributed by atoms with Gasteiger partial charge in [0.1, 0.15) is 0 Å². The molecular formula is C20H23N3O. The number of hydrogen-bond donors (Lipinski definition) is 1. The molecule has 0 unspecified atom stereocenters. The van der Waals surface area contributed by atoms with E-state index in [9.17, 15) is 4.79 Å². The first-order valence-corrected chi connectivity index (χ1v) is 8.23. The summed E-state index contributed by atoms with van der Waals surface area (Å²) in [6.07, 6.45) is 0. The van der Waals surface area contributed by atoms with Crippen LogP contribution < -0.4 is 5.32 Å². The number of rotatable bonds is 5. The highest BCUT2D eigenvalue weighted by atomic mass is 16.2. The summed E-state index contributed by atoms with van der Waals surface area (Å²) in [6.45, 7) is 5.86. The minimum absolute atomic E-state index is 0.0479. The van der Waals surface area contributed by atoms with E-state index in [-0.39, 0.29) is 11.4 Å². The fraction of sp³-hybridized carbons (Fsp3) is 0.300. The van der Waals surface area contributed by atoms with Gasteiger partial charge in [0, 0.05) is 13.1 Å². The summed E-state index contributed by atoms with van der Waals surface area (Å²) in [5.74, 6) is 0.417. The summed E-state index contributed by atoms with van der Waals surface area (Å²) < 4.78 is 0. The summed E-state index contributed by atoms with van der Waals surface area (Å²) in [5, 5.41) is 3.24. The number of nitrogens with one attached hydrogen (secondary N) is 1. The van der Waals surface area contributed by atoms with Crippen molar-refractivity contribution in [2.24, 2.45) is 4.99 Å². The lowest BCUT2D eigenvalue weighted by molar-refractivity contribution is -0.125. The van der Waals surface area contributed by atoms with E-state index < -0.39 is 0 Å². The molecule has 0 spiro atoms. The molecular weight excluding hydrogens is 298 g/mol. The van der Waals surface area contributed by atoms with E-state index in [4.69, 9.17) is 0 Å². The molecule has 2 aromatic rings. The normalized spacial score (nSPS) is 15.5. The molecule has 1 aliphatic rings. The van der Waals surface area contributed by atoms with Gasteiger partial charge in [-0.1, -0.05) is 60.7 Å². The highest BCUT2D eigenvalue weighted by Gasteiger charge is 2.31. The molecule has 2 aromatic carbocycles. The van der Waals surface area contributed by atoms with E-state index in [0.717, 1.165) is 11.1 Å². The summed E-state index contributed by atoms with van der Waals surface area (Å²) in [6, 6.07) is 20.1. The molecule has 0 atom stereocenters. The largest absolute Gasteiger partial charge is 0.359 e. The zero-order chi connectivity index (χ0) is 17.0. The third-order valence-corrected chi connectivity index (χ3v) is 4.01. The van der Waals surface area contributed by atoms with Crippen molar-refractivity contribution in [1.82, 2.24) is 10.2 Å². The number of carbonyl (C=O) groups is 1. The second-order valence-corrected chi connectivity index (χ2v) is 6.81. The second-order valence-electron chi connectivity index (χ2n) is 6.81. The molecule has 0 fully saturated rings. The standard InChI is InChI=1S/C20H23N3O/c1-20(2)15-21-18(22-20)19(24)23(13-16-9-5-3-6-10-16)14-17-11-7-4-8-12-17/h3-12H,13-15H2,1-2H3,(H,21,22). The lowest BCUT2D eigenvalue weighted by Crippen LogP contribution is -2.47. The molecule has 1 N–H and O–H groups in total. The Morgan fingerprint density at radius 1 is 1.00 bits per heavy atom. The van der Waals surface area contributed by atoms with Gasteiger partial charge in [0.25, 0.3) is 5.91 Å². The fourth-order valence-electron chi connectivity index (χ4n) is 2.75. The van der Waals surface area contributed by atoms with E-state index in [2.05, 4.69) is 24.2 Å². The van der Waals surface area contributed by atoms with E-state index in [0.29, 0.717) is 25.5 Å². The average molecular weight is 321 g/mol. The molecule has 0 aromatic heterocycles. The van der Waals surface area contributed by atoms with Crippen LogP contribution in [0.2, 0.25) is 0 Å². The summed E-state index contributed by atoms with van der Waals surface area (Å²) >= 11 is 0. The molecule has 0 radical (unpaired) electrons. The van der Waals surface area contributed by atoms with Crippen LogP contribution in [0.25, 0.3) is 0 Å². The van der Waals surface area contributed by atoms with Gasteiger partial charge in [0.2, 0.25) is 0 Å². The van der Waals surface area contributed by atoms with Gasteiger partial charge in [-0.2, -0.15) is 0 Å². The lowest BCUT2D eigenvalue weighted by Gasteiger charge is -2.25. The monoisotopic (exact) mass is 321 g/mol. The topological polar surface area (TPSA) is 44.7 Å². The van der Waals surface area contributed by atoms with Crippen LogP contribution >= 0.6 is 0 Å². The maximum atomic E-state index is 13.0. The molecule has 0 aliphatic carbocycles. The molecule has 0 bridgehead atoms. The highest BCUT2D eigenvalue weighted by molar-refractivity contribution is 6.38. The molecule has 1 heterocycles. The van der Waals surface area contributed by atoms with Crippen molar-refractivity contribution in [2.75, 3.05) is 6.54 Å². The van der Waals surface area contributed by atoms with E-state index >= 15 is 0 Å². The Morgan fingerprint density at radius 3 is 1.92 bits per heavy atom. The number of benzene rings is 2. The maximum Gasteiger partial charge on any atom is 0.289 e. The third kappa shape index (κ3) is 4.02. The number of carbonyl (C=O) groups excluding carboxylic acids is 1. The van der Waals surface area contributed by atoms with Crippen molar-refractivity contribution in [2.45, 2.75) is 32.5 Å². The minimum atomic E-state index is -0.157. The van der Waals surface area contributed by atoms with Crippen LogP contribution in [0.3, 0.4) is 0 Å². The Balaban J connectivity index is 1.80. The zero-order valence-electron chi connectivity index (χ0n) is 14.2. The van der Waals surface area contributed by atoms with E-state index in [1.165, 1.54) is 0 Å². The fourth-order valence-corrected chi connectivity index (χ4v) is 2.75. The number of amides is 1. The van der Waals surface area contributed by atoms with Gasteiger partial charge in [-0.05, 0) is 25.0 Å². The van der Waals surface area contributed by atoms with E-state index in [1.54, 1.807) is 0 Å². The Hall–Kier alpha value is -2.62. The van der Waals surface area contributed by atoms with E-state index in [1.807, 2.05) is 65.6 Å². The maximum absolute atomic E-state index is 13.0. The van der Waals surface area contributed by atoms with Crippen LogP contribution in [-0.4, -0.2) is 28.7 Å². The van der Waals surface area contributed by atoms with Crippen molar-refractivity contribution in [3.63, 3.8) is 0 Å². The van der Waals surface area contributed by atoms with Crippen molar-refractivity contribution < 1.29 is 4.79 Å². The number of aliphatic imine (C=N–C) groups is 1. The first kappa shape index (κ1) is 16.2. The zero-order valence-corrected chi connectivity index (χ0v) is 14.2. The van der Waals surface area contributed by atoms with Crippen LogP contribution in [0, 0.1) is 0 Å². The predicted octanol–water partition coefficient (Wildman–Crippen LogP) is 3.00. The molecule has 3 rings (SSSR count). The molecule has 0 saturated heterocycles. The number of hydrogen-bond acceptors (Lipinski definition) is 3. The van der Waals surface area contributed by atoms with Gasteiger partial charge in [0.05, 0.1) is 12.1 Å². The Morgan fingerprint density at radius 2 is 1.50 bits per heavy atom. The molecule has 24 heavy (non-hydrogen) atoms. The second kappa shape index (κ2) is 6.87. The third-order valence-electron chi connectivity index (χ3n) is 4.01. The molecule has 124 valence electrons. The van der Waals surface area contributed by atoms with Gasteiger partial charge in [-0.3, -0.25) is 9.79 Å². The first-order valence-electron chi connectivity index (χ1n) is 8.23. The Kier molecular flexibility index (Phi) is 4.65. The Bertz CT molecular complexity index is 682. The van der Waals surface area contributed by atoms with Crippen molar-refractivity contribution in [3.8, 4) is 0 Å². The van der Waals surface area contributed by atoms with Gasteiger partial charge in [-0.25, -0.2) is 0 Å². The summed E-state index contributed by atoms with van der Waals surface area (Å²) in [5.41, 5.74) is 2.06. The van der Waals surface area contributed by atoms with Crippen molar-refractivity contribution in [3.05, 3.63) is 71.8 Å². The predicted molar refractivity (Wildman–Crippen MR) is 96.7 cm³/mol. The van der Waals surface area contributed by atoms with Crippen LogP contribution in [0.1, 0.15) is 25.0 Å². The molecule has 1 aliphatic heterocycles.